The topological polar surface area (TPSA) is 51.6 Å². The summed E-state index contributed by atoms with van der Waals surface area (Å²) in [5.74, 6) is 0.446. The van der Waals surface area contributed by atoms with Gasteiger partial charge in [-0.2, -0.15) is 0 Å². The Morgan fingerprint density at radius 1 is 0.704 bits per heavy atom. The molecule has 0 heterocycles. The van der Waals surface area contributed by atoms with E-state index in [-0.39, 0.29) is 12.4 Å². The first-order valence-corrected chi connectivity index (χ1v) is 11.2. The van der Waals surface area contributed by atoms with Gasteiger partial charge in [-0.25, -0.2) is 0 Å². The summed E-state index contributed by atoms with van der Waals surface area (Å²) >= 11 is 0. The molecule has 0 spiro atoms. The monoisotopic (exact) mass is 394 g/mol. The van der Waals surface area contributed by atoms with Crippen LogP contribution >= 0.6 is 0 Å². The van der Waals surface area contributed by atoms with Crippen LogP contribution in [-0.4, -0.2) is 5.84 Å². The highest BCUT2D eigenvalue weighted by Gasteiger charge is 2.07. The van der Waals surface area contributed by atoms with Gasteiger partial charge < -0.3 is 12.4 Å². The molecule has 1 aromatic carbocycles. The van der Waals surface area contributed by atoms with Gasteiger partial charge in [0, 0.05) is 0 Å². The van der Waals surface area contributed by atoms with Crippen LogP contribution in [0.25, 0.3) is 0 Å². The summed E-state index contributed by atoms with van der Waals surface area (Å²) in [6.45, 7) is 2.29. The minimum Gasteiger partial charge on any atom is -1.00 e. The molecule has 0 aliphatic rings. The maximum atomic E-state index is 5.76. The van der Waals surface area contributed by atoms with Crippen molar-refractivity contribution in [2.75, 3.05) is 0 Å². The quantitative estimate of drug-likeness (QED) is 0.238. The first kappa shape index (κ1) is 26.0. The third kappa shape index (κ3) is 13.7. The molecule has 3 heteroatoms. The van der Waals surface area contributed by atoms with Crippen molar-refractivity contribution < 1.29 is 17.8 Å². The lowest BCUT2D eigenvalue weighted by Crippen LogP contribution is -3.00. The second kappa shape index (κ2) is 18.3. The molecule has 0 unspecified atom stereocenters. The summed E-state index contributed by atoms with van der Waals surface area (Å²) in [4.78, 5) is 0. The number of halogens is 1. The fraction of sp³-hybridized carbons (Fsp3) is 0.708. The maximum absolute atomic E-state index is 5.76. The summed E-state index contributed by atoms with van der Waals surface area (Å²) in [6.07, 6.45) is 22.2. The Morgan fingerprint density at radius 3 is 1.56 bits per heavy atom. The number of hydrogen-bond donors (Lipinski definition) is 2. The van der Waals surface area contributed by atoms with E-state index in [2.05, 4.69) is 19.1 Å². The number of benzene rings is 1. The van der Waals surface area contributed by atoms with Gasteiger partial charge in [-0.3, -0.25) is 11.1 Å². The molecule has 0 bridgehead atoms. The number of amidine groups is 1. The van der Waals surface area contributed by atoms with Crippen molar-refractivity contribution in [3.05, 3.63) is 35.4 Å². The second-order valence-corrected chi connectivity index (χ2v) is 7.81. The van der Waals surface area contributed by atoms with Gasteiger partial charge in [0.1, 0.15) is 0 Å². The van der Waals surface area contributed by atoms with Crippen LogP contribution in [0.4, 0.5) is 0 Å². The van der Waals surface area contributed by atoms with Gasteiger partial charge in [0.25, 0.3) is 5.84 Å². The Morgan fingerprint density at radius 2 is 1.11 bits per heavy atom. The van der Waals surface area contributed by atoms with Crippen molar-refractivity contribution >= 4 is 5.84 Å². The standard InChI is InChI=1S/C24H42N2.ClH/c1-2-3-4-5-6-7-8-9-10-11-12-13-14-15-16-19-22-20-17-18-21-23(22)24(25)26;/h17-18,20-21H,2-16,19H2,1H3,(H3,25,26);1H. The van der Waals surface area contributed by atoms with Crippen LogP contribution in [0.15, 0.2) is 24.3 Å². The fourth-order valence-electron chi connectivity index (χ4n) is 3.71. The first-order chi connectivity index (χ1) is 12.8. The zero-order chi connectivity index (χ0) is 18.9. The van der Waals surface area contributed by atoms with E-state index >= 15 is 0 Å². The van der Waals surface area contributed by atoms with Crippen LogP contribution in [0.3, 0.4) is 0 Å². The van der Waals surface area contributed by atoms with Gasteiger partial charge in [0.15, 0.2) is 0 Å². The van der Waals surface area contributed by atoms with Crippen LogP contribution in [0.5, 0.6) is 0 Å². The van der Waals surface area contributed by atoms with Gasteiger partial charge in [-0.15, -0.1) is 0 Å². The van der Waals surface area contributed by atoms with Crippen LogP contribution in [0, 0.1) is 0 Å². The predicted molar refractivity (Wildman–Crippen MR) is 115 cm³/mol. The van der Waals surface area contributed by atoms with Crippen molar-refractivity contribution in [2.24, 2.45) is 5.73 Å². The SMILES string of the molecule is CCCCCCCCCCCCCCCCCc1ccccc1C(N)=[NH2+].[Cl-]. The molecule has 0 aliphatic carbocycles. The van der Waals surface area contributed by atoms with Crippen molar-refractivity contribution in [1.82, 2.24) is 0 Å². The second-order valence-electron chi connectivity index (χ2n) is 7.81. The summed E-state index contributed by atoms with van der Waals surface area (Å²) in [6, 6.07) is 8.26. The maximum Gasteiger partial charge on any atom is 0.270 e. The van der Waals surface area contributed by atoms with E-state index in [0.29, 0.717) is 5.84 Å². The summed E-state index contributed by atoms with van der Waals surface area (Å²) in [5, 5.41) is 5.76. The minimum atomic E-state index is 0. The van der Waals surface area contributed by atoms with Crippen LogP contribution in [0.2, 0.25) is 0 Å². The number of unbranched alkanes of at least 4 members (excludes halogenated alkanes) is 14. The van der Waals surface area contributed by atoms with Crippen LogP contribution in [0.1, 0.15) is 114 Å². The summed E-state index contributed by atoms with van der Waals surface area (Å²) in [5.41, 5.74) is 8.08. The number of nitrogens with two attached hydrogens (primary N) is 2. The molecule has 0 atom stereocenters. The van der Waals surface area contributed by atoms with E-state index in [0.717, 1.165) is 12.0 Å². The van der Waals surface area contributed by atoms with E-state index in [1.807, 2.05) is 12.1 Å². The highest BCUT2D eigenvalue weighted by Crippen LogP contribution is 2.15. The van der Waals surface area contributed by atoms with E-state index in [1.54, 1.807) is 0 Å². The van der Waals surface area contributed by atoms with Crippen molar-refractivity contribution in [3.8, 4) is 0 Å². The lowest BCUT2D eigenvalue weighted by atomic mass is 9.99. The normalized spacial score (nSPS) is 10.6. The van der Waals surface area contributed by atoms with Crippen LogP contribution < -0.4 is 23.5 Å². The van der Waals surface area contributed by atoms with Gasteiger partial charge in [0.2, 0.25) is 0 Å². The fourth-order valence-corrected chi connectivity index (χ4v) is 3.71. The Bertz CT molecular complexity index is 473. The zero-order valence-corrected chi connectivity index (χ0v) is 18.4. The highest BCUT2D eigenvalue weighted by atomic mass is 35.5. The van der Waals surface area contributed by atoms with E-state index in [9.17, 15) is 0 Å². The zero-order valence-electron chi connectivity index (χ0n) is 17.7. The molecular weight excluding hydrogens is 352 g/mol. The third-order valence-electron chi connectivity index (χ3n) is 5.38. The largest absolute Gasteiger partial charge is 1.00 e. The molecule has 1 aromatic rings. The molecule has 0 radical (unpaired) electrons. The molecule has 0 amide bonds. The molecule has 0 aliphatic heterocycles. The molecule has 0 saturated carbocycles. The van der Waals surface area contributed by atoms with Gasteiger partial charge >= 0.3 is 0 Å². The smallest absolute Gasteiger partial charge is 0.270 e. The molecule has 27 heavy (non-hydrogen) atoms. The Hall–Kier alpha value is -1.02. The highest BCUT2D eigenvalue weighted by molar-refractivity contribution is 5.94. The van der Waals surface area contributed by atoms with E-state index in [4.69, 9.17) is 11.1 Å². The molecule has 4 N–H and O–H groups in total. The molecule has 0 fully saturated rings. The van der Waals surface area contributed by atoms with Crippen LogP contribution in [-0.2, 0) is 6.42 Å². The van der Waals surface area contributed by atoms with E-state index in [1.165, 1.54) is 102 Å². The lowest BCUT2D eigenvalue weighted by Gasteiger charge is -2.06. The van der Waals surface area contributed by atoms with E-state index < -0.39 is 0 Å². The summed E-state index contributed by atoms with van der Waals surface area (Å²) < 4.78 is 0. The Kier molecular flexibility index (Phi) is 17.7. The number of rotatable bonds is 17. The Labute approximate surface area is 174 Å². The summed E-state index contributed by atoms with van der Waals surface area (Å²) in [7, 11) is 0. The average Bonchev–Trinajstić information content (AvgIpc) is 2.65. The molecule has 156 valence electrons. The average molecular weight is 395 g/mol. The first-order valence-electron chi connectivity index (χ1n) is 11.2. The molecule has 0 aromatic heterocycles. The van der Waals surface area contributed by atoms with Crippen molar-refractivity contribution in [1.29, 1.82) is 0 Å². The van der Waals surface area contributed by atoms with Gasteiger partial charge in [-0.1, -0.05) is 115 Å². The van der Waals surface area contributed by atoms with Crippen molar-refractivity contribution in [2.45, 2.75) is 110 Å². The van der Waals surface area contributed by atoms with Crippen molar-refractivity contribution in [3.63, 3.8) is 0 Å². The number of aryl methyl sites for hydroxylation is 1. The molecule has 1 rings (SSSR count). The molecule has 2 nitrogen and oxygen atoms in total. The van der Waals surface area contributed by atoms with Gasteiger partial charge in [-0.05, 0) is 24.5 Å². The molecular formula is C24H43ClN2. The third-order valence-corrected chi connectivity index (χ3v) is 5.38. The minimum absolute atomic E-state index is 0. The molecule has 0 saturated heterocycles. The Balaban J connectivity index is 0.00000676. The number of hydrogen-bond acceptors (Lipinski definition) is 0. The van der Waals surface area contributed by atoms with Gasteiger partial charge in [0.05, 0.1) is 5.56 Å². The predicted octanol–water partition coefficient (Wildman–Crippen LogP) is 2.57. The lowest BCUT2D eigenvalue weighted by molar-refractivity contribution is -0.114.